The molecule has 0 rings (SSSR count). The molecule has 0 aliphatic rings. The predicted molar refractivity (Wildman–Crippen MR) is 59.1 cm³/mol. The average molecular weight is 190 g/mol. The van der Waals surface area contributed by atoms with Crippen molar-refractivity contribution in [3.8, 4) is 0 Å². The van der Waals surface area contributed by atoms with Gasteiger partial charge in [-0.1, -0.05) is 13.8 Å². The highest BCUT2D eigenvalue weighted by molar-refractivity contribution is 4.66. The maximum absolute atomic E-state index is 8.60. The summed E-state index contributed by atoms with van der Waals surface area (Å²) < 4.78 is 0. The zero-order valence-electron chi connectivity index (χ0n) is 9.80. The molecule has 1 unspecified atom stereocenters. The van der Waals surface area contributed by atoms with Crippen molar-refractivity contribution in [3.63, 3.8) is 0 Å². The molecule has 0 aromatic heterocycles. The van der Waals surface area contributed by atoms with E-state index < -0.39 is 0 Å². The zero-order chi connectivity index (χ0) is 10.7. The van der Waals surface area contributed by atoms with Gasteiger partial charge in [-0.05, 0) is 34.0 Å². The van der Waals surface area contributed by atoms with Crippen LogP contribution in [0.4, 0.5) is 0 Å². The van der Waals surface area contributed by atoms with E-state index in [1.165, 1.54) is 0 Å². The van der Waals surface area contributed by atoms with Gasteiger partial charge in [-0.3, -0.25) is 0 Å². The third-order valence-electron chi connectivity index (χ3n) is 1.70. The maximum atomic E-state index is 8.60. The summed E-state index contributed by atoms with van der Waals surface area (Å²) in [5.74, 6) is 0. The molecule has 13 heavy (non-hydrogen) atoms. The van der Waals surface area contributed by atoms with Crippen molar-refractivity contribution in [2.24, 2.45) is 0 Å². The Morgan fingerprint density at radius 1 is 1.31 bits per heavy atom. The van der Waals surface area contributed by atoms with Gasteiger partial charge in [0.15, 0.2) is 0 Å². The zero-order valence-corrected chi connectivity index (χ0v) is 9.80. The third-order valence-corrected chi connectivity index (χ3v) is 1.70. The molecule has 0 bridgehead atoms. The van der Waals surface area contributed by atoms with Gasteiger partial charge in [0.1, 0.15) is 0 Å². The van der Waals surface area contributed by atoms with Crippen LogP contribution in [0, 0.1) is 0 Å². The summed E-state index contributed by atoms with van der Waals surface area (Å²) in [4.78, 5) is 2.15. The van der Waals surface area contributed by atoms with E-state index in [0.717, 1.165) is 19.4 Å². The number of hydrogen-bond acceptors (Lipinski definition) is 3. The molecule has 0 aromatic carbocycles. The smallest absolute Gasteiger partial charge is 0.0431 e. The van der Waals surface area contributed by atoms with E-state index in [1.54, 1.807) is 0 Å². The molecule has 3 nitrogen and oxygen atoms in total. The molecule has 0 radical (unpaired) electrons. The number of rotatable bonds is 6. The topological polar surface area (TPSA) is 35.5 Å². The summed E-state index contributed by atoms with van der Waals surface area (Å²) in [6, 6.07) is 0.511. The molecule has 0 saturated carbocycles. The van der Waals surface area contributed by atoms with Crippen LogP contribution in [0.25, 0.3) is 0 Å². The fraction of sp³-hybridized carbons (Fsp3) is 1.00. The summed E-state index contributed by atoms with van der Waals surface area (Å²) >= 11 is 0. The Balaban J connectivity index is 0. The maximum Gasteiger partial charge on any atom is 0.0431 e. The SMILES string of the molecule is CC.CNC(CCCO)CN(C)C. The first kappa shape index (κ1) is 15.4. The van der Waals surface area contributed by atoms with Crippen molar-refractivity contribution < 1.29 is 5.11 Å². The summed E-state index contributed by atoms with van der Waals surface area (Å²) in [7, 11) is 6.08. The lowest BCUT2D eigenvalue weighted by Gasteiger charge is -2.19. The van der Waals surface area contributed by atoms with Gasteiger partial charge in [0.2, 0.25) is 0 Å². The van der Waals surface area contributed by atoms with E-state index in [0.29, 0.717) is 12.6 Å². The lowest BCUT2D eigenvalue weighted by atomic mass is 10.1. The second-order valence-corrected chi connectivity index (χ2v) is 3.11. The normalized spacial score (nSPS) is 12.2. The fourth-order valence-corrected chi connectivity index (χ4v) is 1.11. The van der Waals surface area contributed by atoms with Gasteiger partial charge in [0.05, 0.1) is 0 Å². The van der Waals surface area contributed by atoms with E-state index in [9.17, 15) is 0 Å². The van der Waals surface area contributed by atoms with Crippen LogP contribution in [0.2, 0.25) is 0 Å². The number of nitrogens with one attached hydrogen (secondary N) is 1. The van der Waals surface area contributed by atoms with Gasteiger partial charge >= 0.3 is 0 Å². The molecule has 0 fully saturated rings. The van der Waals surface area contributed by atoms with E-state index >= 15 is 0 Å². The first-order valence-corrected chi connectivity index (χ1v) is 5.13. The summed E-state index contributed by atoms with van der Waals surface area (Å²) in [6.07, 6.45) is 1.94. The summed E-state index contributed by atoms with van der Waals surface area (Å²) in [5.41, 5.74) is 0. The van der Waals surface area contributed by atoms with E-state index in [1.807, 2.05) is 20.9 Å². The third kappa shape index (κ3) is 11.9. The Bertz CT molecular complexity index is 87.0. The van der Waals surface area contributed by atoms with Crippen LogP contribution < -0.4 is 5.32 Å². The number of likely N-dealkylation sites (N-methyl/N-ethyl adjacent to an activating group) is 2. The summed E-state index contributed by atoms with van der Waals surface area (Å²) in [6.45, 7) is 5.34. The van der Waals surface area contributed by atoms with Crippen molar-refractivity contribution in [3.05, 3.63) is 0 Å². The van der Waals surface area contributed by atoms with Crippen LogP contribution in [0.15, 0.2) is 0 Å². The Hall–Kier alpha value is -0.120. The molecule has 3 heteroatoms. The van der Waals surface area contributed by atoms with Crippen LogP contribution in [0.3, 0.4) is 0 Å². The second kappa shape index (κ2) is 11.9. The van der Waals surface area contributed by atoms with Crippen molar-refractivity contribution in [2.75, 3.05) is 34.3 Å². The highest BCUT2D eigenvalue weighted by atomic mass is 16.2. The molecule has 0 amide bonds. The van der Waals surface area contributed by atoms with Gasteiger partial charge in [0.25, 0.3) is 0 Å². The van der Waals surface area contributed by atoms with Crippen molar-refractivity contribution in [1.29, 1.82) is 0 Å². The van der Waals surface area contributed by atoms with Crippen LogP contribution >= 0.6 is 0 Å². The minimum absolute atomic E-state index is 0.297. The highest BCUT2D eigenvalue weighted by Crippen LogP contribution is 1.96. The molecule has 82 valence electrons. The first-order chi connectivity index (χ1) is 6.20. The standard InChI is InChI=1S/C8H20N2O.C2H6/c1-9-8(5-4-6-11)7-10(2)3;1-2/h8-9,11H,4-7H2,1-3H3;1-2H3. The molecule has 0 aliphatic carbocycles. The average Bonchev–Trinajstić information content (AvgIpc) is 2.15. The minimum Gasteiger partial charge on any atom is -0.396 e. The van der Waals surface area contributed by atoms with E-state index in [-0.39, 0.29) is 0 Å². The largest absolute Gasteiger partial charge is 0.396 e. The van der Waals surface area contributed by atoms with E-state index in [2.05, 4.69) is 24.3 Å². The number of hydrogen-bond donors (Lipinski definition) is 2. The predicted octanol–water partition coefficient (Wildman–Crippen LogP) is 0.935. The number of nitrogens with zero attached hydrogens (tertiary/aromatic N) is 1. The monoisotopic (exact) mass is 190 g/mol. The Labute approximate surface area is 83.1 Å². The number of aliphatic hydroxyl groups excluding tert-OH is 1. The molecule has 1 atom stereocenters. The molecular weight excluding hydrogens is 164 g/mol. The van der Waals surface area contributed by atoms with Gasteiger partial charge < -0.3 is 15.3 Å². The van der Waals surface area contributed by atoms with Crippen molar-refractivity contribution in [2.45, 2.75) is 32.7 Å². The van der Waals surface area contributed by atoms with Crippen molar-refractivity contribution >= 4 is 0 Å². The number of aliphatic hydroxyl groups is 1. The molecule has 0 heterocycles. The molecule has 0 aromatic rings. The highest BCUT2D eigenvalue weighted by Gasteiger charge is 2.05. The fourth-order valence-electron chi connectivity index (χ4n) is 1.11. The van der Waals surface area contributed by atoms with Gasteiger partial charge in [-0.25, -0.2) is 0 Å². The molecule has 0 spiro atoms. The molecule has 2 N–H and O–H groups in total. The van der Waals surface area contributed by atoms with Crippen LogP contribution in [0.1, 0.15) is 26.7 Å². The molecule has 0 aliphatic heterocycles. The summed E-state index contributed by atoms with van der Waals surface area (Å²) in [5, 5.41) is 11.8. The van der Waals surface area contributed by atoms with Gasteiger partial charge in [-0.2, -0.15) is 0 Å². The quantitative estimate of drug-likeness (QED) is 0.654. The first-order valence-electron chi connectivity index (χ1n) is 5.13. The Morgan fingerprint density at radius 2 is 1.85 bits per heavy atom. The molecule has 0 saturated heterocycles. The Kier molecular flexibility index (Phi) is 14.0. The lowest BCUT2D eigenvalue weighted by molar-refractivity contribution is 0.263. The van der Waals surface area contributed by atoms with Gasteiger partial charge in [-0.15, -0.1) is 0 Å². The van der Waals surface area contributed by atoms with E-state index in [4.69, 9.17) is 5.11 Å². The lowest BCUT2D eigenvalue weighted by Crippen LogP contribution is -2.36. The van der Waals surface area contributed by atoms with Crippen molar-refractivity contribution in [1.82, 2.24) is 10.2 Å². The van der Waals surface area contributed by atoms with Gasteiger partial charge in [0, 0.05) is 19.2 Å². The molecular formula is C10H26N2O. The Morgan fingerprint density at radius 3 is 2.15 bits per heavy atom. The van der Waals surface area contributed by atoms with Crippen LogP contribution in [0.5, 0.6) is 0 Å². The van der Waals surface area contributed by atoms with Crippen LogP contribution in [-0.4, -0.2) is 50.3 Å². The van der Waals surface area contributed by atoms with Crippen LogP contribution in [-0.2, 0) is 0 Å². The second-order valence-electron chi connectivity index (χ2n) is 3.11. The minimum atomic E-state index is 0.297.